The molecule has 6 heteroatoms. The molecule has 0 aromatic heterocycles. The van der Waals surface area contributed by atoms with Gasteiger partial charge in [0.25, 0.3) is 0 Å². The maximum Gasteiger partial charge on any atom is 0.319 e. The lowest BCUT2D eigenvalue weighted by Gasteiger charge is -2.11. The Morgan fingerprint density at radius 1 is 1.09 bits per heavy atom. The molecule has 2 aromatic rings. The third-order valence-electron chi connectivity index (χ3n) is 3.24. The lowest BCUT2D eigenvalue weighted by atomic mass is 10.2. The number of carbonyl (C=O) groups is 1. The van der Waals surface area contributed by atoms with Gasteiger partial charge in [0.2, 0.25) is 0 Å². The van der Waals surface area contributed by atoms with Gasteiger partial charge in [0.15, 0.2) is 0 Å². The zero-order valence-electron chi connectivity index (χ0n) is 13.3. The van der Waals surface area contributed by atoms with E-state index < -0.39 is 0 Å². The van der Waals surface area contributed by atoms with Crippen LogP contribution in [-0.2, 0) is 6.54 Å². The minimum Gasteiger partial charge on any atom is -0.497 e. The number of benzene rings is 2. The number of anilines is 1. The summed E-state index contributed by atoms with van der Waals surface area (Å²) in [4.78, 5) is 12.0. The number of hydrogen-bond donors (Lipinski definition) is 2. The lowest BCUT2D eigenvalue weighted by Crippen LogP contribution is -2.28. The summed E-state index contributed by atoms with van der Waals surface area (Å²) in [6, 6.07) is 10.9. The molecule has 0 saturated heterocycles. The van der Waals surface area contributed by atoms with Crippen LogP contribution >= 0.6 is 15.9 Å². The van der Waals surface area contributed by atoms with E-state index in [1.807, 2.05) is 37.3 Å². The van der Waals surface area contributed by atoms with Crippen LogP contribution in [0.2, 0.25) is 0 Å². The molecule has 5 nitrogen and oxygen atoms in total. The second-order valence-electron chi connectivity index (χ2n) is 5.01. The van der Waals surface area contributed by atoms with Crippen molar-refractivity contribution in [2.45, 2.75) is 13.5 Å². The van der Waals surface area contributed by atoms with E-state index in [1.165, 1.54) is 0 Å². The van der Waals surface area contributed by atoms with Crippen molar-refractivity contribution in [1.29, 1.82) is 0 Å². The third kappa shape index (κ3) is 4.89. The van der Waals surface area contributed by atoms with E-state index >= 15 is 0 Å². The van der Waals surface area contributed by atoms with Gasteiger partial charge >= 0.3 is 6.03 Å². The van der Waals surface area contributed by atoms with Crippen LogP contribution in [0, 0.1) is 6.92 Å². The molecule has 23 heavy (non-hydrogen) atoms. The Kier molecular flexibility index (Phi) is 5.87. The Bertz CT molecular complexity index is 682. The number of nitrogens with one attached hydrogen (secondary N) is 2. The Morgan fingerprint density at radius 2 is 1.74 bits per heavy atom. The second kappa shape index (κ2) is 7.87. The first-order valence-electron chi connectivity index (χ1n) is 7.05. The first-order chi connectivity index (χ1) is 11.0. The zero-order chi connectivity index (χ0) is 16.8. The zero-order valence-corrected chi connectivity index (χ0v) is 14.9. The quantitative estimate of drug-likeness (QED) is 0.823. The third-order valence-corrected chi connectivity index (χ3v) is 3.89. The summed E-state index contributed by atoms with van der Waals surface area (Å²) < 4.78 is 11.3. The summed E-state index contributed by atoms with van der Waals surface area (Å²) in [7, 11) is 3.18. The summed E-state index contributed by atoms with van der Waals surface area (Å²) in [5.74, 6) is 1.37. The number of aryl methyl sites for hydroxylation is 1. The highest BCUT2D eigenvalue weighted by atomic mass is 79.9. The number of urea groups is 1. The van der Waals surface area contributed by atoms with Crippen LogP contribution in [-0.4, -0.2) is 20.3 Å². The van der Waals surface area contributed by atoms with E-state index in [1.54, 1.807) is 20.3 Å². The van der Waals surface area contributed by atoms with Crippen molar-refractivity contribution < 1.29 is 14.3 Å². The smallest absolute Gasteiger partial charge is 0.319 e. The summed E-state index contributed by atoms with van der Waals surface area (Å²) >= 11 is 3.43. The molecule has 0 spiro atoms. The number of ether oxygens (including phenoxy) is 2. The average molecular weight is 379 g/mol. The van der Waals surface area contributed by atoms with Crippen molar-refractivity contribution in [2.75, 3.05) is 19.5 Å². The van der Waals surface area contributed by atoms with Gasteiger partial charge in [-0.25, -0.2) is 4.79 Å². The van der Waals surface area contributed by atoms with Crippen LogP contribution in [0.3, 0.4) is 0 Å². The Hall–Kier alpha value is -2.21. The van der Waals surface area contributed by atoms with Gasteiger partial charge in [-0.15, -0.1) is 0 Å². The summed E-state index contributed by atoms with van der Waals surface area (Å²) in [5.41, 5.74) is 2.72. The van der Waals surface area contributed by atoms with Gasteiger partial charge < -0.3 is 20.1 Å². The van der Waals surface area contributed by atoms with Gasteiger partial charge in [-0.1, -0.05) is 6.07 Å². The van der Waals surface area contributed by atoms with Crippen LogP contribution in [0.4, 0.5) is 10.5 Å². The monoisotopic (exact) mass is 378 g/mol. The van der Waals surface area contributed by atoms with Crippen LogP contribution in [0.25, 0.3) is 0 Å². The largest absolute Gasteiger partial charge is 0.497 e. The summed E-state index contributed by atoms with van der Waals surface area (Å²) in [6.07, 6.45) is 0. The Labute approximate surface area is 144 Å². The van der Waals surface area contributed by atoms with Crippen molar-refractivity contribution in [3.63, 3.8) is 0 Å². The predicted molar refractivity (Wildman–Crippen MR) is 94.3 cm³/mol. The molecule has 0 radical (unpaired) electrons. The standard InChI is InChI=1S/C17H19BrN2O3/c1-11-4-5-16(15(18)6-11)20-17(21)19-10-12-7-13(22-2)9-14(8-12)23-3/h4-9H,10H2,1-3H3,(H2,19,20,21). The van der Waals surface area contributed by atoms with Crippen molar-refractivity contribution >= 4 is 27.6 Å². The molecule has 0 saturated carbocycles. The molecule has 2 amide bonds. The first kappa shape index (κ1) is 17.1. The maximum absolute atomic E-state index is 12.0. The number of rotatable bonds is 5. The summed E-state index contributed by atoms with van der Waals surface area (Å²) in [6.45, 7) is 2.35. The molecule has 0 aliphatic carbocycles. The van der Waals surface area contributed by atoms with Crippen molar-refractivity contribution in [3.8, 4) is 11.5 Å². The van der Waals surface area contributed by atoms with Gasteiger partial charge in [-0.3, -0.25) is 0 Å². The van der Waals surface area contributed by atoms with Crippen molar-refractivity contribution in [1.82, 2.24) is 5.32 Å². The fraction of sp³-hybridized carbons (Fsp3) is 0.235. The van der Waals surface area contributed by atoms with Crippen LogP contribution < -0.4 is 20.1 Å². The van der Waals surface area contributed by atoms with E-state index in [-0.39, 0.29) is 6.03 Å². The van der Waals surface area contributed by atoms with Gasteiger partial charge in [0.1, 0.15) is 11.5 Å². The van der Waals surface area contributed by atoms with E-state index in [4.69, 9.17) is 9.47 Å². The number of amides is 2. The molecule has 0 aliphatic heterocycles. The predicted octanol–water partition coefficient (Wildman–Crippen LogP) is 4.10. The Morgan fingerprint density at radius 3 is 2.30 bits per heavy atom. The van der Waals surface area contributed by atoms with Gasteiger partial charge in [-0.05, 0) is 58.2 Å². The highest BCUT2D eigenvalue weighted by Gasteiger charge is 2.07. The van der Waals surface area contributed by atoms with Gasteiger partial charge in [0.05, 0.1) is 19.9 Å². The fourth-order valence-electron chi connectivity index (χ4n) is 2.04. The topological polar surface area (TPSA) is 59.6 Å². The number of halogens is 1. The molecular formula is C17H19BrN2O3. The Balaban J connectivity index is 1.99. The van der Waals surface area contributed by atoms with Crippen LogP contribution in [0.5, 0.6) is 11.5 Å². The molecule has 2 aromatic carbocycles. The minimum absolute atomic E-state index is 0.281. The second-order valence-corrected chi connectivity index (χ2v) is 5.87. The SMILES string of the molecule is COc1cc(CNC(=O)Nc2ccc(C)cc2Br)cc(OC)c1. The summed E-state index contributed by atoms with van der Waals surface area (Å²) in [5, 5.41) is 5.62. The van der Waals surface area contributed by atoms with Crippen LogP contribution in [0.15, 0.2) is 40.9 Å². The minimum atomic E-state index is -0.281. The molecule has 0 heterocycles. The van der Waals surface area contributed by atoms with Gasteiger partial charge in [-0.2, -0.15) is 0 Å². The lowest BCUT2D eigenvalue weighted by molar-refractivity contribution is 0.251. The van der Waals surface area contributed by atoms with E-state index in [9.17, 15) is 4.79 Å². The van der Waals surface area contributed by atoms with Crippen molar-refractivity contribution in [3.05, 3.63) is 52.0 Å². The number of methoxy groups -OCH3 is 2. The number of carbonyl (C=O) groups excluding carboxylic acids is 1. The maximum atomic E-state index is 12.0. The molecular weight excluding hydrogens is 360 g/mol. The first-order valence-corrected chi connectivity index (χ1v) is 7.84. The molecule has 2 N–H and O–H groups in total. The molecule has 0 unspecified atom stereocenters. The molecule has 0 fully saturated rings. The number of hydrogen-bond acceptors (Lipinski definition) is 3. The highest BCUT2D eigenvalue weighted by Crippen LogP contribution is 2.24. The van der Waals surface area contributed by atoms with E-state index in [2.05, 4.69) is 26.6 Å². The normalized spacial score (nSPS) is 10.1. The molecule has 0 bridgehead atoms. The molecule has 0 aliphatic rings. The van der Waals surface area contributed by atoms with Crippen molar-refractivity contribution in [2.24, 2.45) is 0 Å². The average Bonchev–Trinajstić information content (AvgIpc) is 2.55. The van der Waals surface area contributed by atoms with Crippen LogP contribution in [0.1, 0.15) is 11.1 Å². The van der Waals surface area contributed by atoms with Gasteiger partial charge in [0, 0.05) is 17.1 Å². The van der Waals surface area contributed by atoms with E-state index in [0.29, 0.717) is 18.0 Å². The van der Waals surface area contributed by atoms with E-state index in [0.717, 1.165) is 21.3 Å². The fourth-order valence-corrected chi connectivity index (χ4v) is 2.63. The molecule has 0 atom stereocenters. The molecule has 122 valence electrons. The highest BCUT2D eigenvalue weighted by molar-refractivity contribution is 9.10. The molecule has 2 rings (SSSR count).